The van der Waals surface area contributed by atoms with Crippen LogP contribution in [-0.4, -0.2) is 24.7 Å². The summed E-state index contributed by atoms with van der Waals surface area (Å²) >= 11 is 0. The Bertz CT molecular complexity index is 773. The van der Waals surface area contributed by atoms with E-state index in [1.807, 2.05) is 0 Å². The standard InChI is InChI=1S/C20H21NO3/c1-24-14-7-4-6-13(9-14)19(22)20(23)21-11-17-16-10-12-5-2-3-8-15(12)18(16)17/h2-9,16-19,22H,10-11H2,1H3,(H,21,23). The normalized spacial score (nSPS) is 24.7. The molecule has 0 aromatic heterocycles. The Morgan fingerprint density at radius 1 is 1.29 bits per heavy atom. The molecule has 0 aliphatic heterocycles. The molecule has 24 heavy (non-hydrogen) atoms. The second-order valence-corrected chi connectivity index (χ2v) is 6.68. The molecule has 1 amide bonds. The predicted octanol–water partition coefficient (Wildman–Crippen LogP) is 2.43. The van der Waals surface area contributed by atoms with Crippen molar-refractivity contribution >= 4 is 5.91 Å². The van der Waals surface area contributed by atoms with Gasteiger partial charge in [0, 0.05) is 6.54 Å². The zero-order chi connectivity index (χ0) is 16.7. The van der Waals surface area contributed by atoms with Gasteiger partial charge in [-0.2, -0.15) is 0 Å². The van der Waals surface area contributed by atoms with Gasteiger partial charge in [0.15, 0.2) is 6.10 Å². The molecule has 0 spiro atoms. The van der Waals surface area contributed by atoms with Crippen LogP contribution < -0.4 is 10.1 Å². The number of hydrogen-bond donors (Lipinski definition) is 2. The Morgan fingerprint density at radius 3 is 2.96 bits per heavy atom. The molecule has 4 rings (SSSR count). The number of nitrogens with one attached hydrogen (secondary N) is 1. The highest BCUT2D eigenvalue weighted by molar-refractivity contribution is 5.82. The summed E-state index contributed by atoms with van der Waals surface area (Å²) < 4.78 is 5.13. The number of aliphatic hydroxyl groups is 1. The fraction of sp³-hybridized carbons (Fsp3) is 0.350. The zero-order valence-electron chi connectivity index (χ0n) is 13.6. The molecule has 124 valence electrons. The van der Waals surface area contributed by atoms with Gasteiger partial charge in [-0.3, -0.25) is 4.79 Å². The van der Waals surface area contributed by atoms with E-state index >= 15 is 0 Å². The lowest BCUT2D eigenvalue weighted by Crippen LogP contribution is -2.31. The maximum Gasteiger partial charge on any atom is 0.253 e. The van der Waals surface area contributed by atoms with E-state index in [1.165, 1.54) is 11.1 Å². The van der Waals surface area contributed by atoms with Crippen molar-refractivity contribution in [2.24, 2.45) is 11.8 Å². The smallest absolute Gasteiger partial charge is 0.253 e. The minimum absolute atomic E-state index is 0.346. The van der Waals surface area contributed by atoms with E-state index in [-0.39, 0.29) is 5.91 Å². The Balaban J connectivity index is 1.35. The van der Waals surface area contributed by atoms with Crippen molar-refractivity contribution < 1.29 is 14.6 Å². The SMILES string of the molecule is COc1cccc(C(O)C(=O)NCC2C3Cc4ccccc4C23)c1. The van der Waals surface area contributed by atoms with Gasteiger partial charge in [-0.15, -0.1) is 0 Å². The molecule has 0 bridgehead atoms. The number of hydrogen-bond acceptors (Lipinski definition) is 3. The van der Waals surface area contributed by atoms with Crippen LogP contribution in [0.3, 0.4) is 0 Å². The number of carbonyl (C=O) groups is 1. The van der Waals surface area contributed by atoms with E-state index in [4.69, 9.17) is 4.74 Å². The van der Waals surface area contributed by atoms with Crippen LogP contribution in [0.15, 0.2) is 48.5 Å². The van der Waals surface area contributed by atoms with Crippen LogP contribution in [-0.2, 0) is 11.2 Å². The molecule has 4 unspecified atom stereocenters. The van der Waals surface area contributed by atoms with E-state index in [2.05, 4.69) is 29.6 Å². The van der Waals surface area contributed by atoms with Crippen LogP contribution in [0.25, 0.3) is 0 Å². The average Bonchev–Trinajstić information content (AvgIpc) is 3.17. The van der Waals surface area contributed by atoms with Crippen LogP contribution in [0.5, 0.6) is 5.75 Å². The third kappa shape index (κ3) is 2.57. The highest BCUT2D eigenvalue weighted by Gasteiger charge is 2.55. The molecule has 0 heterocycles. The maximum atomic E-state index is 12.2. The number of rotatable bonds is 5. The Labute approximate surface area is 141 Å². The first-order valence-electron chi connectivity index (χ1n) is 8.36. The number of ether oxygens (including phenoxy) is 1. The van der Waals surface area contributed by atoms with Crippen LogP contribution in [0, 0.1) is 11.8 Å². The Kier molecular flexibility index (Phi) is 3.77. The number of benzene rings is 2. The third-order valence-corrected chi connectivity index (χ3v) is 5.37. The first-order chi connectivity index (χ1) is 11.7. The first-order valence-corrected chi connectivity index (χ1v) is 8.36. The van der Waals surface area contributed by atoms with Gasteiger partial charge in [0.05, 0.1) is 7.11 Å². The summed E-state index contributed by atoms with van der Waals surface area (Å²) in [7, 11) is 1.56. The lowest BCUT2D eigenvalue weighted by molar-refractivity contribution is -0.129. The maximum absolute atomic E-state index is 12.2. The highest BCUT2D eigenvalue weighted by atomic mass is 16.5. The summed E-state index contributed by atoms with van der Waals surface area (Å²) in [5.41, 5.74) is 3.44. The molecule has 2 aromatic carbocycles. The van der Waals surface area contributed by atoms with E-state index in [0.29, 0.717) is 35.6 Å². The molecule has 2 aromatic rings. The largest absolute Gasteiger partial charge is 0.497 e. The van der Waals surface area contributed by atoms with Gasteiger partial charge < -0.3 is 15.2 Å². The molecule has 0 saturated heterocycles. The molecule has 1 fully saturated rings. The topological polar surface area (TPSA) is 58.6 Å². The Morgan fingerprint density at radius 2 is 2.12 bits per heavy atom. The van der Waals surface area contributed by atoms with Crippen LogP contribution in [0.4, 0.5) is 0 Å². The van der Waals surface area contributed by atoms with Crippen molar-refractivity contribution in [3.63, 3.8) is 0 Å². The minimum atomic E-state index is -1.16. The first kappa shape index (κ1) is 15.2. The third-order valence-electron chi connectivity index (χ3n) is 5.37. The van der Waals surface area contributed by atoms with Gasteiger partial charge in [0.25, 0.3) is 5.91 Å². The molecule has 2 N–H and O–H groups in total. The van der Waals surface area contributed by atoms with E-state index in [0.717, 1.165) is 6.42 Å². The van der Waals surface area contributed by atoms with Crippen molar-refractivity contribution in [1.29, 1.82) is 0 Å². The van der Waals surface area contributed by atoms with Crippen LogP contribution in [0.2, 0.25) is 0 Å². The van der Waals surface area contributed by atoms with Crippen LogP contribution >= 0.6 is 0 Å². The summed E-state index contributed by atoms with van der Waals surface area (Å²) in [5.74, 6) is 2.02. The fourth-order valence-corrected chi connectivity index (χ4v) is 4.04. The molecule has 2 aliphatic carbocycles. The molecule has 4 atom stereocenters. The van der Waals surface area contributed by atoms with E-state index < -0.39 is 6.10 Å². The molecule has 0 radical (unpaired) electrons. The van der Waals surface area contributed by atoms with Gasteiger partial charge in [0.2, 0.25) is 0 Å². The van der Waals surface area contributed by atoms with Crippen LogP contribution in [0.1, 0.15) is 28.7 Å². The predicted molar refractivity (Wildman–Crippen MR) is 90.8 cm³/mol. The number of amides is 1. The number of fused-ring (bicyclic) bond motifs is 3. The number of aliphatic hydroxyl groups excluding tert-OH is 1. The molecule has 2 aliphatic rings. The Hall–Kier alpha value is -2.33. The van der Waals surface area contributed by atoms with Crippen molar-refractivity contribution in [1.82, 2.24) is 5.32 Å². The second kappa shape index (κ2) is 5.95. The monoisotopic (exact) mass is 323 g/mol. The summed E-state index contributed by atoms with van der Waals surface area (Å²) in [6.07, 6.45) is -0.0502. The van der Waals surface area contributed by atoms with Crippen molar-refractivity contribution in [3.05, 3.63) is 65.2 Å². The average molecular weight is 323 g/mol. The van der Waals surface area contributed by atoms with Crippen molar-refractivity contribution in [3.8, 4) is 5.75 Å². The van der Waals surface area contributed by atoms with Crippen molar-refractivity contribution in [2.75, 3.05) is 13.7 Å². The fourth-order valence-electron chi connectivity index (χ4n) is 4.04. The summed E-state index contributed by atoms with van der Waals surface area (Å²) in [6, 6.07) is 15.5. The van der Waals surface area contributed by atoms with Gasteiger partial charge in [0.1, 0.15) is 5.75 Å². The zero-order valence-corrected chi connectivity index (χ0v) is 13.6. The second-order valence-electron chi connectivity index (χ2n) is 6.68. The lowest BCUT2D eigenvalue weighted by atomic mass is 10.0. The highest BCUT2D eigenvalue weighted by Crippen LogP contribution is 2.60. The van der Waals surface area contributed by atoms with Crippen molar-refractivity contribution in [2.45, 2.75) is 18.4 Å². The van der Waals surface area contributed by atoms with E-state index in [1.54, 1.807) is 31.4 Å². The van der Waals surface area contributed by atoms with Gasteiger partial charge >= 0.3 is 0 Å². The quantitative estimate of drug-likeness (QED) is 0.888. The lowest BCUT2D eigenvalue weighted by Gasteiger charge is -2.13. The molecule has 4 heteroatoms. The summed E-state index contributed by atoms with van der Waals surface area (Å²) in [5, 5.41) is 13.1. The number of carbonyl (C=O) groups excluding carboxylic acids is 1. The molecule has 4 nitrogen and oxygen atoms in total. The van der Waals surface area contributed by atoms with Gasteiger partial charge in [-0.25, -0.2) is 0 Å². The van der Waals surface area contributed by atoms with Gasteiger partial charge in [-0.05, 0) is 53.0 Å². The minimum Gasteiger partial charge on any atom is -0.497 e. The molecular formula is C20H21NO3. The molecular weight excluding hydrogens is 302 g/mol. The summed E-state index contributed by atoms with van der Waals surface area (Å²) in [4.78, 5) is 12.2. The summed E-state index contributed by atoms with van der Waals surface area (Å²) in [6.45, 7) is 0.629. The van der Waals surface area contributed by atoms with Gasteiger partial charge in [-0.1, -0.05) is 36.4 Å². The van der Waals surface area contributed by atoms with E-state index in [9.17, 15) is 9.90 Å². The number of methoxy groups -OCH3 is 1. The molecule has 1 saturated carbocycles.